The van der Waals surface area contributed by atoms with Gasteiger partial charge < -0.3 is 10.1 Å². The van der Waals surface area contributed by atoms with Crippen LogP contribution < -0.4 is 5.32 Å². The van der Waals surface area contributed by atoms with Gasteiger partial charge in [-0.05, 0) is 45.7 Å². The molecule has 136 valence electrons. The number of para-hydroxylation sites is 1. The van der Waals surface area contributed by atoms with Crippen LogP contribution in [0.3, 0.4) is 0 Å². The van der Waals surface area contributed by atoms with Crippen LogP contribution in [-0.2, 0) is 9.53 Å². The lowest BCUT2D eigenvalue weighted by molar-refractivity contribution is -0.120. The molecule has 0 radical (unpaired) electrons. The molecule has 1 atom stereocenters. The van der Waals surface area contributed by atoms with Crippen LogP contribution in [0.2, 0.25) is 0 Å². The normalized spacial score (nSPS) is 12.2. The number of amides is 1. The van der Waals surface area contributed by atoms with Crippen LogP contribution in [0.15, 0.2) is 29.4 Å². The molecule has 25 heavy (non-hydrogen) atoms. The Kier molecular flexibility index (Phi) is 7.46. The molecule has 0 bridgehead atoms. The van der Waals surface area contributed by atoms with Gasteiger partial charge in [0.05, 0.1) is 10.9 Å². The van der Waals surface area contributed by atoms with E-state index in [4.69, 9.17) is 4.74 Å². The maximum Gasteiger partial charge on any atom is 0.233 e. The van der Waals surface area contributed by atoms with Crippen molar-refractivity contribution in [2.75, 3.05) is 19.8 Å². The van der Waals surface area contributed by atoms with Crippen molar-refractivity contribution in [1.29, 1.82) is 0 Å². The second-order valence-electron chi connectivity index (χ2n) is 5.75. The number of thioether (sulfide) groups is 1. The van der Waals surface area contributed by atoms with Gasteiger partial charge in [-0.2, -0.15) is 0 Å². The van der Waals surface area contributed by atoms with Gasteiger partial charge in [0.25, 0.3) is 0 Å². The number of nitrogens with zero attached hydrogens (tertiary/aromatic N) is 3. The SMILES string of the molecule is CCOCCCNC(=O)C(C)Sc1nnc(C)n1-c1ccccc1C. The zero-order chi connectivity index (χ0) is 18.2. The van der Waals surface area contributed by atoms with Gasteiger partial charge in [0.1, 0.15) is 5.82 Å². The van der Waals surface area contributed by atoms with Gasteiger partial charge in [-0.25, -0.2) is 0 Å². The maximum absolute atomic E-state index is 12.3. The lowest BCUT2D eigenvalue weighted by atomic mass is 10.2. The van der Waals surface area contributed by atoms with E-state index in [-0.39, 0.29) is 11.2 Å². The molecule has 6 nitrogen and oxygen atoms in total. The Hall–Kier alpha value is -1.86. The number of rotatable bonds is 9. The summed E-state index contributed by atoms with van der Waals surface area (Å²) in [6, 6.07) is 8.08. The van der Waals surface area contributed by atoms with Crippen LogP contribution in [0, 0.1) is 13.8 Å². The fourth-order valence-electron chi connectivity index (χ4n) is 2.40. The molecular weight excluding hydrogens is 336 g/mol. The van der Waals surface area contributed by atoms with Gasteiger partial charge in [-0.15, -0.1) is 10.2 Å². The molecule has 1 amide bonds. The highest BCUT2D eigenvalue weighted by Crippen LogP contribution is 2.26. The summed E-state index contributed by atoms with van der Waals surface area (Å²) in [7, 11) is 0. The second kappa shape index (κ2) is 9.58. The molecule has 0 saturated heterocycles. The van der Waals surface area contributed by atoms with Crippen LogP contribution in [0.1, 0.15) is 31.7 Å². The Bertz CT molecular complexity index is 702. The first-order valence-corrected chi connectivity index (χ1v) is 9.42. The molecular formula is C18H26N4O2S. The van der Waals surface area contributed by atoms with Crippen LogP contribution in [-0.4, -0.2) is 45.7 Å². The first kappa shape index (κ1) is 19.5. The van der Waals surface area contributed by atoms with Gasteiger partial charge in [-0.1, -0.05) is 30.0 Å². The van der Waals surface area contributed by atoms with E-state index in [1.165, 1.54) is 11.8 Å². The zero-order valence-electron chi connectivity index (χ0n) is 15.3. The maximum atomic E-state index is 12.3. The van der Waals surface area contributed by atoms with Gasteiger partial charge in [0.15, 0.2) is 5.16 Å². The summed E-state index contributed by atoms with van der Waals surface area (Å²) < 4.78 is 7.27. The monoisotopic (exact) mass is 362 g/mol. The summed E-state index contributed by atoms with van der Waals surface area (Å²) in [6.45, 7) is 9.80. The molecule has 0 saturated carbocycles. The topological polar surface area (TPSA) is 69.0 Å². The average Bonchev–Trinajstić information content (AvgIpc) is 2.95. The summed E-state index contributed by atoms with van der Waals surface area (Å²) in [5.41, 5.74) is 2.18. The van der Waals surface area contributed by atoms with E-state index in [0.29, 0.717) is 19.8 Å². The van der Waals surface area contributed by atoms with Gasteiger partial charge in [0.2, 0.25) is 5.91 Å². The number of carbonyl (C=O) groups is 1. The van der Waals surface area contributed by atoms with E-state index in [1.807, 2.05) is 43.5 Å². The molecule has 0 spiro atoms. The Balaban J connectivity index is 2.01. The third-order valence-electron chi connectivity index (χ3n) is 3.77. The quantitative estimate of drug-likeness (QED) is 0.549. The molecule has 1 N–H and O–H groups in total. The molecule has 2 rings (SSSR count). The summed E-state index contributed by atoms with van der Waals surface area (Å²) in [5.74, 6) is 0.805. The van der Waals surface area contributed by atoms with Crippen LogP contribution in [0.4, 0.5) is 0 Å². The Morgan fingerprint density at radius 3 is 2.80 bits per heavy atom. The third-order valence-corrected chi connectivity index (χ3v) is 4.81. The fraction of sp³-hybridized carbons (Fsp3) is 0.500. The van der Waals surface area contributed by atoms with Gasteiger partial charge >= 0.3 is 0 Å². The minimum atomic E-state index is -0.251. The summed E-state index contributed by atoms with van der Waals surface area (Å²) in [6.07, 6.45) is 0.815. The number of nitrogens with one attached hydrogen (secondary N) is 1. The smallest absolute Gasteiger partial charge is 0.233 e. The fourth-order valence-corrected chi connectivity index (χ4v) is 3.33. The van der Waals surface area contributed by atoms with Gasteiger partial charge in [-0.3, -0.25) is 9.36 Å². The van der Waals surface area contributed by atoms with E-state index in [1.54, 1.807) is 0 Å². The molecule has 0 aliphatic carbocycles. The Labute approximate surface area is 153 Å². The molecule has 0 aliphatic heterocycles. The standard InChI is InChI=1S/C18H26N4O2S/c1-5-24-12-8-11-19-17(23)14(3)25-18-21-20-15(4)22(18)16-10-7-6-9-13(16)2/h6-7,9-10,14H,5,8,11-12H2,1-4H3,(H,19,23). The molecule has 0 aliphatic rings. The summed E-state index contributed by atoms with van der Waals surface area (Å²) in [4.78, 5) is 12.3. The number of aryl methyl sites for hydroxylation is 2. The highest BCUT2D eigenvalue weighted by atomic mass is 32.2. The molecule has 7 heteroatoms. The summed E-state index contributed by atoms with van der Waals surface area (Å²) >= 11 is 1.42. The van der Waals surface area contributed by atoms with Crippen LogP contribution >= 0.6 is 11.8 Å². The minimum absolute atomic E-state index is 0.00140. The predicted molar refractivity (Wildman–Crippen MR) is 100 cm³/mol. The van der Waals surface area contributed by atoms with Crippen molar-refractivity contribution >= 4 is 17.7 Å². The van der Waals surface area contributed by atoms with Crippen molar-refractivity contribution in [3.8, 4) is 5.69 Å². The molecule has 1 aromatic heterocycles. The first-order chi connectivity index (χ1) is 12.0. The Morgan fingerprint density at radius 2 is 2.08 bits per heavy atom. The highest BCUT2D eigenvalue weighted by Gasteiger charge is 2.20. The third kappa shape index (κ3) is 5.31. The minimum Gasteiger partial charge on any atom is -0.382 e. The van der Waals surface area contributed by atoms with Crippen molar-refractivity contribution in [3.63, 3.8) is 0 Å². The second-order valence-corrected chi connectivity index (χ2v) is 7.06. The van der Waals surface area contributed by atoms with Crippen molar-refractivity contribution < 1.29 is 9.53 Å². The number of hydrogen-bond donors (Lipinski definition) is 1. The van der Waals surface area contributed by atoms with E-state index < -0.39 is 0 Å². The largest absolute Gasteiger partial charge is 0.382 e. The molecule has 1 unspecified atom stereocenters. The van der Waals surface area contributed by atoms with Crippen molar-refractivity contribution in [2.45, 2.75) is 44.5 Å². The van der Waals surface area contributed by atoms with Crippen molar-refractivity contribution in [3.05, 3.63) is 35.7 Å². The van der Waals surface area contributed by atoms with E-state index in [9.17, 15) is 4.79 Å². The Morgan fingerprint density at radius 1 is 1.32 bits per heavy atom. The number of benzene rings is 1. The molecule has 0 fully saturated rings. The predicted octanol–water partition coefficient (Wildman–Crippen LogP) is 2.91. The molecule has 1 aromatic carbocycles. The van der Waals surface area contributed by atoms with Crippen LogP contribution in [0.25, 0.3) is 5.69 Å². The zero-order valence-corrected chi connectivity index (χ0v) is 16.1. The van der Waals surface area contributed by atoms with E-state index in [0.717, 1.165) is 28.7 Å². The average molecular weight is 362 g/mol. The lowest BCUT2D eigenvalue weighted by Gasteiger charge is -2.14. The number of carbonyl (C=O) groups excluding carboxylic acids is 1. The van der Waals surface area contributed by atoms with Crippen molar-refractivity contribution in [2.24, 2.45) is 0 Å². The van der Waals surface area contributed by atoms with E-state index in [2.05, 4.69) is 28.5 Å². The number of hydrogen-bond acceptors (Lipinski definition) is 5. The molecule has 2 aromatic rings. The first-order valence-electron chi connectivity index (χ1n) is 8.54. The summed E-state index contributed by atoms with van der Waals surface area (Å²) in [5, 5.41) is 11.9. The number of aromatic nitrogens is 3. The molecule has 1 heterocycles. The van der Waals surface area contributed by atoms with Crippen molar-refractivity contribution in [1.82, 2.24) is 20.1 Å². The van der Waals surface area contributed by atoms with E-state index >= 15 is 0 Å². The lowest BCUT2D eigenvalue weighted by Crippen LogP contribution is -2.32. The van der Waals surface area contributed by atoms with Gasteiger partial charge in [0, 0.05) is 19.8 Å². The number of ether oxygens (including phenoxy) is 1. The van der Waals surface area contributed by atoms with Crippen LogP contribution in [0.5, 0.6) is 0 Å². The highest BCUT2D eigenvalue weighted by molar-refractivity contribution is 8.00.